The Hall–Kier alpha value is 0.620. The van der Waals surface area contributed by atoms with Crippen LogP contribution in [0.2, 0.25) is 0 Å². The summed E-state index contributed by atoms with van der Waals surface area (Å²) < 4.78 is 43.5. The van der Waals surface area contributed by atoms with Crippen LogP contribution in [0.25, 0.3) is 0 Å². The summed E-state index contributed by atoms with van der Waals surface area (Å²) in [5.41, 5.74) is -0.702. The van der Waals surface area contributed by atoms with E-state index in [2.05, 4.69) is 0 Å². The quantitative estimate of drug-likeness (QED) is 0.147. The first kappa shape index (κ1) is 25.9. The first-order valence-electron chi connectivity index (χ1n) is 7.72. The molecule has 0 bridgehead atoms. The minimum absolute atomic E-state index is 0.00377. The van der Waals surface area contributed by atoms with Crippen molar-refractivity contribution in [3.63, 3.8) is 0 Å². The van der Waals surface area contributed by atoms with E-state index >= 15 is 0 Å². The molecular formula is C15H13I4NO8S. The second-order valence-electron chi connectivity index (χ2n) is 6.23. The number of nitrogens with one attached hydrogen (secondary N) is 1. The van der Waals surface area contributed by atoms with Crippen molar-refractivity contribution in [2.24, 2.45) is 0 Å². The summed E-state index contributed by atoms with van der Waals surface area (Å²) in [5.74, 6) is -4.21. The molecule has 2 amide bonds. The number of ether oxygens (including phenoxy) is 2. The second kappa shape index (κ2) is 10.0. The van der Waals surface area contributed by atoms with Gasteiger partial charge in [0.25, 0.3) is 16.0 Å². The highest BCUT2D eigenvalue weighted by atomic mass is 127. The predicted molar refractivity (Wildman–Crippen MR) is 135 cm³/mol. The molecule has 0 aliphatic carbocycles. The molecule has 1 fully saturated rings. The summed E-state index contributed by atoms with van der Waals surface area (Å²) in [7, 11) is -4.61. The van der Waals surface area contributed by atoms with Crippen LogP contribution >= 0.6 is 90.4 Å². The lowest BCUT2D eigenvalue weighted by Gasteiger charge is -2.37. The SMILES string of the molecule is CC1(COC(=O)c2c(I)c(I)c(I)c(I)c2C(=O)NC(=O)CS(=O)(=O)O)CCO1. The highest BCUT2D eigenvalue weighted by Crippen LogP contribution is 2.34. The first-order valence-corrected chi connectivity index (χ1v) is 13.6. The van der Waals surface area contributed by atoms with Crippen molar-refractivity contribution in [1.29, 1.82) is 0 Å². The molecule has 2 rings (SSSR count). The third-order valence-electron chi connectivity index (χ3n) is 3.85. The van der Waals surface area contributed by atoms with E-state index < -0.39 is 39.3 Å². The van der Waals surface area contributed by atoms with Crippen LogP contribution in [0.5, 0.6) is 0 Å². The van der Waals surface area contributed by atoms with Crippen LogP contribution in [-0.4, -0.2) is 55.3 Å². The van der Waals surface area contributed by atoms with Gasteiger partial charge in [0.05, 0.1) is 17.7 Å². The molecule has 0 saturated carbocycles. The largest absolute Gasteiger partial charge is 0.459 e. The summed E-state index contributed by atoms with van der Waals surface area (Å²) in [4.78, 5) is 37.3. The number of benzene rings is 1. The summed E-state index contributed by atoms with van der Waals surface area (Å²) in [6.07, 6.45) is 0.733. The molecule has 1 aliphatic heterocycles. The van der Waals surface area contributed by atoms with Crippen molar-refractivity contribution < 1.29 is 36.8 Å². The van der Waals surface area contributed by atoms with Gasteiger partial charge < -0.3 is 9.47 Å². The zero-order valence-corrected chi connectivity index (χ0v) is 24.0. The van der Waals surface area contributed by atoms with Crippen LogP contribution < -0.4 is 5.32 Å². The molecule has 2 N–H and O–H groups in total. The Balaban J connectivity index is 2.40. The first-order chi connectivity index (χ1) is 13.3. The van der Waals surface area contributed by atoms with Gasteiger partial charge in [-0.25, -0.2) is 4.79 Å². The van der Waals surface area contributed by atoms with Crippen molar-refractivity contribution in [1.82, 2.24) is 5.32 Å². The van der Waals surface area contributed by atoms with Crippen LogP contribution in [0, 0.1) is 14.3 Å². The van der Waals surface area contributed by atoms with Crippen molar-refractivity contribution in [3.05, 3.63) is 25.4 Å². The van der Waals surface area contributed by atoms with E-state index in [1.807, 2.05) is 95.7 Å². The number of carbonyl (C=O) groups is 3. The fourth-order valence-corrected chi connectivity index (χ4v) is 6.34. The Bertz CT molecular complexity index is 991. The minimum atomic E-state index is -4.61. The van der Waals surface area contributed by atoms with Crippen molar-refractivity contribution >= 4 is 118 Å². The molecule has 1 aliphatic rings. The molecule has 0 radical (unpaired) electrons. The highest BCUT2D eigenvalue weighted by Gasteiger charge is 2.36. The Kier molecular flexibility index (Phi) is 8.96. The van der Waals surface area contributed by atoms with Gasteiger partial charge in [-0.2, -0.15) is 8.42 Å². The molecule has 1 heterocycles. The summed E-state index contributed by atoms with van der Waals surface area (Å²) in [5, 5.41) is 1.89. The van der Waals surface area contributed by atoms with E-state index in [-0.39, 0.29) is 17.7 Å². The third-order valence-corrected chi connectivity index (χ3v) is 11.9. The Morgan fingerprint density at radius 2 is 1.62 bits per heavy atom. The van der Waals surface area contributed by atoms with Crippen molar-refractivity contribution in [2.45, 2.75) is 18.9 Å². The summed E-state index contributed by atoms with van der Waals surface area (Å²) in [6.45, 7) is 2.38. The monoisotopic (exact) mass is 875 g/mol. The standard InChI is InChI=1S/C15H13I4NO8S/c1-15(2-3-28-15)5-27-14(23)8-7(9(16)11(18)12(19)10(8)17)13(22)20-6(21)4-29(24,25)26/h2-5H2,1H3,(H,20,21,22)(H,24,25,26). The van der Waals surface area contributed by atoms with Gasteiger partial charge >= 0.3 is 5.97 Å². The number of halogens is 4. The number of carbonyl (C=O) groups excluding carboxylic acids is 3. The fraction of sp³-hybridized carbons (Fsp3) is 0.400. The lowest BCUT2D eigenvalue weighted by molar-refractivity contribution is -0.158. The molecule has 1 unspecified atom stereocenters. The topological polar surface area (TPSA) is 136 Å². The van der Waals surface area contributed by atoms with Gasteiger partial charge in [0.15, 0.2) is 5.75 Å². The number of hydrogen-bond donors (Lipinski definition) is 2. The molecule has 9 nitrogen and oxygen atoms in total. The average Bonchev–Trinajstić information content (AvgIpc) is 2.57. The second-order valence-corrected chi connectivity index (χ2v) is 12.0. The van der Waals surface area contributed by atoms with Gasteiger partial charge in [-0.15, -0.1) is 0 Å². The Labute approximate surface area is 221 Å². The fourth-order valence-electron chi connectivity index (χ4n) is 2.28. The molecule has 1 atom stereocenters. The van der Waals surface area contributed by atoms with Crippen LogP contribution in [0.15, 0.2) is 0 Å². The van der Waals surface area contributed by atoms with Crippen LogP contribution in [0.1, 0.15) is 34.1 Å². The van der Waals surface area contributed by atoms with Crippen molar-refractivity contribution in [2.75, 3.05) is 19.0 Å². The van der Waals surface area contributed by atoms with Gasteiger partial charge in [-0.1, -0.05) is 0 Å². The maximum atomic E-state index is 12.8. The van der Waals surface area contributed by atoms with Gasteiger partial charge in [0.1, 0.15) is 12.2 Å². The number of hydrogen-bond acceptors (Lipinski definition) is 7. The van der Waals surface area contributed by atoms with E-state index in [1.54, 1.807) is 6.92 Å². The number of rotatable bonds is 6. The number of imide groups is 1. The molecule has 1 saturated heterocycles. The van der Waals surface area contributed by atoms with E-state index in [1.165, 1.54) is 0 Å². The summed E-state index contributed by atoms with van der Waals surface area (Å²) >= 11 is 7.83. The molecule has 160 valence electrons. The number of amides is 2. The average molecular weight is 875 g/mol. The van der Waals surface area contributed by atoms with Gasteiger partial charge in [0, 0.05) is 20.7 Å². The Morgan fingerprint density at radius 3 is 2.07 bits per heavy atom. The zero-order valence-electron chi connectivity index (χ0n) is 14.6. The highest BCUT2D eigenvalue weighted by molar-refractivity contribution is 14.1. The van der Waals surface area contributed by atoms with E-state index in [4.69, 9.17) is 14.0 Å². The van der Waals surface area contributed by atoms with E-state index in [0.29, 0.717) is 17.3 Å². The molecular weight excluding hydrogens is 862 g/mol. The van der Waals surface area contributed by atoms with Crippen LogP contribution in [0.3, 0.4) is 0 Å². The molecule has 1 aromatic carbocycles. The van der Waals surface area contributed by atoms with Gasteiger partial charge in [-0.3, -0.25) is 19.5 Å². The molecule has 14 heteroatoms. The zero-order chi connectivity index (χ0) is 22.1. The third kappa shape index (κ3) is 6.56. The molecule has 0 aromatic heterocycles. The van der Waals surface area contributed by atoms with Crippen LogP contribution in [-0.2, 0) is 24.4 Å². The van der Waals surface area contributed by atoms with Gasteiger partial charge in [-0.05, 0) is 97.3 Å². The molecule has 29 heavy (non-hydrogen) atoms. The molecule has 1 aromatic rings. The van der Waals surface area contributed by atoms with Gasteiger partial charge in [0.2, 0.25) is 5.91 Å². The predicted octanol–water partition coefficient (Wildman–Crippen LogP) is 2.58. The maximum absolute atomic E-state index is 12.8. The Morgan fingerprint density at radius 1 is 1.10 bits per heavy atom. The number of esters is 1. The van der Waals surface area contributed by atoms with E-state index in [0.717, 1.165) is 9.99 Å². The lowest BCUT2D eigenvalue weighted by atomic mass is 9.99. The van der Waals surface area contributed by atoms with E-state index in [9.17, 15) is 22.8 Å². The molecule has 0 spiro atoms. The normalized spacial score (nSPS) is 18.7. The minimum Gasteiger partial charge on any atom is -0.459 e. The van der Waals surface area contributed by atoms with Crippen molar-refractivity contribution in [3.8, 4) is 0 Å². The lowest BCUT2D eigenvalue weighted by Crippen LogP contribution is -2.45. The summed E-state index contributed by atoms with van der Waals surface area (Å²) in [6, 6.07) is 0. The maximum Gasteiger partial charge on any atom is 0.340 e. The van der Waals surface area contributed by atoms with Crippen LogP contribution in [0.4, 0.5) is 0 Å². The smallest absolute Gasteiger partial charge is 0.340 e.